The van der Waals surface area contributed by atoms with Gasteiger partial charge in [-0.2, -0.15) is 9.97 Å². The van der Waals surface area contributed by atoms with Gasteiger partial charge in [-0.05, 0) is 37.5 Å². The van der Waals surface area contributed by atoms with Crippen molar-refractivity contribution in [3.8, 4) is 0 Å². The number of aryl methyl sites for hydroxylation is 1. The van der Waals surface area contributed by atoms with E-state index in [-0.39, 0.29) is 23.3 Å². The number of nitrogen functional groups attached to an aromatic ring is 1. The summed E-state index contributed by atoms with van der Waals surface area (Å²) in [5, 5.41) is 14.4. The molecule has 1 aliphatic heterocycles. The van der Waals surface area contributed by atoms with E-state index in [1.54, 1.807) is 0 Å². The molecule has 1 saturated heterocycles. The number of nitrogens with one attached hydrogen (secondary N) is 1. The quantitative estimate of drug-likeness (QED) is 0.659. The lowest BCUT2D eigenvalue weighted by molar-refractivity contribution is -0.383. The Kier molecular flexibility index (Phi) is 3.96. The lowest BCUT2D eigenvalue weighted by Crippen LogP contribution is -2.22. The first-order chi connectivity index (χ1) is 11.0. The molecular weight excluding hydrogens is 296 g/mol. The van der Waals surface area contributed by atoms with E-state index in [0.717, 1.165) is 37.2 Å². The fourth-order valence-electron chi connectivity index (χ4n) is 2.69. The molecule has 2 heterocycles. The third-order valence-electron chi connectivity index (χ3n) is 3.75. The van der Waals surface area contributed by atoms with Crippen molar-refractivity contribution in [3.05, 3.63) is 39.9 Å². The number of nitrogens with zero attached hydrogens (tertiary/aromatic N) is 4. The third kappa shape index (κ3) is 3.15. The largest absolute Gasteiger partial charge is 0.378 e. The van der Waals surface area contributed by atoms with Crippen LogP contribution in [0.5, 0.6) is 0 Å². The zero-order chi connectivity index (χ0) is 16.4. The second-order valence-electron chi connectivity index (χ2n) is 5.55. The van der Waals surface area contributed by atoms with E-state index in [1.165, 1.54) is 0 Å². The summed E-state index contributed by atoms with van der Waals surface area (Å²) in [5.41, 5.74) is 7.49. The highest BCUT2D eigenvalue weighted by Gasteiger charge is 2.28. The molecule has 0 spiro atoms. The summed E-state index contributed by atoms with van der Waals surface area (Å²) in [5.74, 6) is 0.429. The molecule has 0 amide bonds. The molecule has 1 aromatic carbocycles. The van der Waals surface area contributed by atoms with Crippen molar-refractivity contribution in [1.29, 1.82) is 0 Å². The number of rotatable bonds is 4. The van der Waals surface area contributed by atoms with Crippen molar-refractivity contribution in [2.45, 2.75) is 19.8 Å². The normalized spacial score (nSPS) is 14.0. The minimum absolute atomic E-state index is 0.123. The van der Waals surface area contributed by atoms with E-state index in [9.17, 15) is 10.1 Å². The second kappa shape index (κ2) is 6.07. The average Bonchev–Trinajstić information content (AvgIpc) is 3.00. The Morgan fingerprint density at radius 2 is 2.04 bits per heavy atom. The summed E-state index contributed by atoms with van der Waals surface area (Å²) in [6.45, 7) is 3.45. The number of hydrogen-bond donors (Lipinski definition) is 2. The summed E-state index contributed by atoms with van der Waals surface area (Å²) >= 11 is 0. The van der Waals surface area contributed by atoms with Gasteiger partial charge in [-0.15, -0.1) is 0 Å². The number of benzene rings is 1. The minimum Gasteiger partial charge on any atom is -0.378 e. The highest BCUT2D eigenvalue weighted by molar-refractivity contribution is 5.72. The average molecular weight is 314 g/mol. The van der Waals surface area contributed by atoms with Crippen LogP contribution >= 0.6 is 0 Å². The maximum absolute atomic E-state index is 11.3. The maximum atomic E-state index is 11.3. The SMILES string of the molecule is Cc1cccc(Nc2nc(N)c([N+](=O)[O-])c(N3CCCC3)n2)c1. The van der Waals surface area contributed by atoms with E-state index in [2.05, 4.69) is 15.3 Å². The predicted molar refractivity (Wildman–Crippen MR) is 89.0 cm³/mol. The molecule has 0 aliphatic carbocycles. The number of anilines is 4. The Bertz CT molecular complexity index is 743. The molecule has 2 aromatic rings. The number of nitrogens with two attached hydrogens (primary N) is 1. The molecule has 1 fully saturated rings. The Balaban J connectivity index is 2.00. The van der Waals surface area contributed by atoms with Gasteiger partial charge in [-0.25, -0.2) is 0 Å². The standard InChI is InChI=1S/C15H18N6O2/c1-10-5-4-6-11(9-10)17-15-18-13(16)12(21(22)23)14(19-15)20-7-2-3-8-20/h4-6,9H,2-3,7-8H2,1H3,(H3,16,17,18,19). The van der Waals surface area contributed by atoms with Crippen molar-refractivity contribution < 1.29 is 4.92 Å². The van der Waals surface area contributed by atoms with Crippen LogP contribution in [0.4, 0.5) is 29.0 Å². The Hall–Kier alpha value is -2.90. The van der Waals surface area contributed by atoms with Gasteiger partial charge in [0, 0.05) is 18.8 Å². The summed E-state index contributed by atoms with van der Waals surface area (Å²) in [6, 6.07) is 7.71. The number of aromatic nitrogens is 2. The van der Waals surface area contributed by atoms with Gasteiger partial charge in [0.05, 0.1) is 4.92 Å². The van der Waals surface area contributed by atoms with Crippen LogP contribution < -0.4 is 16.0 Å². The molecule has 3 rings (SSSR count). The third-order valence-corrected chi connectivity index (χ3v) is 3.75. The Labute approximate surface area is 133 Å². The van der Waals surface area contributed by atoms with E-state index >= 15 is 0 Å². The molecule has 0 atom stereocenters. The summed E-state index contributed by atoms with van der Waals surface area (Å²) in [7, 11) is 0. The van der Waals surface area contributed by atoms with E-state index in [1.807, 2.05) is 36.1 Å². The number of nitro groups is 1. The van der Waals surface area contributed by atoms with E-state index in [0.29, 0.717) is 0 Å². The molecule has 0 bridgehead atoms. The van der Waals surface area contributed by atoms with Gasteiger partial charge in [0.15, 0.2) is 0 Å². The summed E-state index contributed by atoms with van der Waals surface area (Å²) in [6.07, 6.45) is 1.98. The zero-order valence-corrected chi connectivity index (χ0v) is 12.8. The van der Waals surface area contributed by atoms with Crippen molar-refractivity contribution in [2.75, 3.05) is 29.0 Å². The van der Waals surface area contributed by atoms with Crippen LogP contribution in [0.15, 0.2) is 24.3 Å². The minimum atomic E-state index is -0.514. The van der Waals surface area contributed by atoms with E-state index < -0.39 is 4.92 Å². The second-order valence-corrected chi connectivity index (χ2v) is 5.55. The van der Waals surface area contributed by atoms with E-state index in [4.69, 9.17) is 5.73 Å². The first-order valence-corrected chi connectivity index (χ1v) is 7.45. The van der Waals surface area contributed by atoms with Gasteiger partial charge in [-0.1, -0.05) is 12.1 Å². The first-order valence-electron chi connectivity index (χ1n) is 7.45. The van der Waals surface area contributed by atoms with Crippen LogP contribution in [0.25, 0.3) is 0 Å². The van der Waals surface area contributed by atoms with Crippen LogP contribution in [0.2, 0.25) is 0 Å². The van der Waals surface area contributed by atoms with Gasteiger partial charge < -0.3 is 16.0 Å². The molecular formula is C15H18N6O2. The van der Waals surface area contributed by atoms with Gasteiger partial charge in [-0.3, -0.25) is 10.1 Å². The highest BCUT2D eigenvalue weighted by Crippen LogP contribution is 2.34. The Morgan fingerprint density at radius 3 is 2.70 bits per heavy atom. The van der Waals surface area contributed by atoms with Gasteiger partial charge in [0.1, 0.15) is 0 Å². The summed E-state index contributed by atoms with van der Waals surface area (Å²) in [4.78, 5) is 21.1. The first kappa shape index (κ1) is 15.0. The van der Waals surface area contributed by atoms with Crippen molar-refractivity contribution in [2.24, 2.45) is 0 Å². The van der Waals surface area contributed by atoms with Crippen molar-refractivity contribution in [3.63, 3.8) is 0 Å². The molecule has 8 heteroatoms. The highest BCUT2D eigenvalue weighted by atomic mass is 16.6. The molecule has 0 unspecified atom stereocenters. The van der Waals surface area contributed by atoms with Crippen molar-refractivity contribution in [1.82, 2.24) is 9.97 Å². The van der Waals surface area contributed by atoms with Crippen LogP contribution in [-0.4, -0.2) is 28.0 Å². The van der Waals surface area contributed by atoms with Crippen molar-refractivity contribution >= 4 is 29.0 Å². The summed E-state index contributed by atoms with van der Waals surface area (Å²) < 4.78 is 0. The fraction of sp³-hybridized carbons (Fsp3) is 0.333. The van der Waals surface area contributed by atoms with Gasteiger partial charge >= 0.3 is 5.69 Å². The van der Waals surface area contributed by atoms with Crippen LogP contribution in [0.3, 0.4) is 0 Å². The molecule has 120 valence electrons. The van der Waals surface area contributed by atoms with Gasteiger partial charge in [0.2, 0.25) is 17.6 Å². The number of hydrogen-bond acceptors (Lipinski definition) is 7. The van der Waals surface area contributed by atoms with Crippen LogP contribution in [0.1, 0.15) is 18.4 Å². The topological polar surface area (TPSA) is 110 Å². The zero-order valence-electron chi connectivity index (χ0n) is 12.8. The predicted octanol–water partition coefficient (Wildman–Crippen LogP) is 2.62. The Morgan fingerprint density at radius 1 is 1.30 bits per heavy atom. The smallest absolute Gasteiger partial charge is 0.353 e. The molecule has 1 aromatic heterocycles. The molecule has 1 aliphatic rings. The molecule has 3 N–H and O–H groups in total. The maximum Gasteiger partial charge on any atom is 0.353 e. The lowest BCUT2D eigenvalue weighted by atomic mass is 10.2. The van der Waals surface area contributed by atoms with Crippen LogP contribution in [-0.2, 0) is 0 Å². The molecule has 0 saturated carbocycles. The lowest BCUT2D eigenvalue weighted by Gasteiger charge is -2.17. The van der Waals surface area contributed by atoms with Gasteiger partial charge in [0.25, 0.3) is 0 Å². The fourth-order valence-corrected chi connectivity index (χ4v) is 2.69. The molecule has 23 heavy (non-hydrogen) atoms. The van der Waals surface area contributed by atoms with Crippen LogP contribution in [0, 0.1) is 17.0 Å². The molecule has 8 nitrogen and oxygen atoms in total. The molecule has 0 radical (unpaired) electrons. The monoisotopic (exact) mass is 314 g/mol.